The number of fused-ring (bicyclic) bond motifs is 3. The first-order chi connectivity index (χ1) is 28.0. The van der Waals surface area contributed by atoms with Crippen LogP contribution in [0.4, 0.5) is 8.78 Å². The number of nitrogens with one attached hydrogen (secondary N) is 1. The minimum atomic E-state index is -4.03. The number of carbonyl (C=O) groups is 4. The monoisotopic (exact) mass is 860 g/mol. The van der Waals surface area contributed by atoms with E-state index in [9.17, 15) is 41.2 Å². The lowest BCUT2D eigenvalue weighted by atomic mass is 9.82. The molecule has 2 aliphatic heterocycles. The number of Topliss-reactive ketones (excluding diaryl/α,β-unsaturated/α-hetero) is 1. The fraction of sp³-hybridized carbons (Fsp3) is 0.674. The van der Waals surface area contributed by atoms with Gasteiger partial charge in [-0.3, -0.25) is 28.7 Å². The molecular formula is C43H58F2N4O10S. The molecule has 0 spiro atoms. The van der Waals surface area contributed by atoms with Gasteiger partial charge in [-0.05, 0) is 89.2 Å². The predicted octanol–water partition coefficient (Wildman–Crippen LogP) is 5.35. The highest BCUT2D eigenvalue weighted by atomic mass is 32.2. The molecule has 2 aliphatic carbocycles. The molecule has 0 unspecified atom stereocenters. The summed E-state index contributed by atoms with van der Waals surface area (Å²) in [7, 11) is -2.54. The first-order valence-corrected chi connectivity index (χ1v) is 22.3. The third kappa shape index (κ3) is 9.31. The number of benzene rings is 1. The largest absolute Gasteiger partial charge is 0.471 e. The van der Waals surface area contributed by atoms with Gasteiger partial charge in [-0.2, -0.15) is 0 Å². The molecule has 3 heterocycles. The lowest BCUT2D eigenvalue weighted by molar-refractivity contribution is -0.197. The first kappa shape index (κ1) is 45.3. The van der Waals surface area contributed by atoms with Gasteiger partial charge >= 0.3 is 5.97 Å². The third-order valence-electron chi connectivity index (χ3n) is 13.2. The number of carbonyl (C=O) groups excluding carboxylic acids is 4. The zero-order valence-electron chi connectivity index (χ0n) is 35.5. The Labute approximate surface area is 349 Å². The van der Waals surface area contributed by atoms with E-state index in [1.165, 1.54) is 16.7 Å². The van der Waals surface area contributed by atoms with Crippen LogP contribution in [0.5, 0.6) is 5.88 Å². The van der Waals surface area contributed by atoms with Crippen LogP contribution in [0.1, 0.15) is 99.3 Å². The lowest BCUT2D eigenvalue weighted by Crippen LogP contribution is -2.49. The van der Waals surface area contributed by atoms with Crippen molar-refractivity contribution in [2.75, 3.05) is 20.3 Å². The second-order valence-corrected chi connectivity index (χ2v) is 20.6. The van der Waals surface area contributed by atoms with E-state index in [0.29, 0.717) is 49.8 Å². The van der Waals surface area contributed by atoms with Gasteiger partial charge in [0, 0.05) is 26.9 Å². The molecule has 1 aromatic carbocycles. The fourth-order valence-electron chi connectivity index (χ4n) is 8.46. The van der Waals surface area contributed by atoms with E-state index in [1.807, 2.05) is 26.0 Å². The number of ether oxygens (including phenoxy) is 3. The minimum Gasteiger partial charge on any atom is -0.471 e. The van der Waals surface area contributed by atoms with E-state index < -0.39 is 91.6 Å². The molecule has 330 valence electrons. The number of aromatic nitrogens is 2. The second-order valence-electron chi connectivity index (χ2n) is 18.4. The number of halogens is 2. The summed E-state index contributed by atoms with van der Waals surface area (Å²) in [6, 6.07) is 5.56. The standard InChI is InChI=1S/C43H58F2N4O10S/c1-26-12-8-9-13-28-23-43(28,39(54)47-60(55,56)41(5)16-17-41)24-34(50)33-21-29(58-36-30-14-10-11-15-31(30)38(53)49(46-36)18-19-57-7)25-48(33)37(52)32(27(2)20-26)22-35(51)59-40(3,4)42(6,44)45/h9-11,13-15,26-29,32-33H,8,12,16-25H2,1-7H3,(H,47,54)/b13-9-/t26-,27-,28-,29-,32+,33+,43-/m1/s1. The summed E-state index contributed by atoms with van der Waals surface area (Å²) >= 11 is 0. The number of hydrogen-bond donors (Lipinski definition) is 1. The van der Waals surface area contributed by atoms with Crippen molar-refractivity contribution in [1.82, 2.24) is 19.4 Å². The second kappa shape index (κ2) is 16.9. The number of amides is 2. The topological polar surface area (TPSA) is 180 Å². The molecule has 6 rings (SSSR count). The normalized spacial score (nSPS) is 29.1. The smallest absolute Gasteiger partial charge is 0.307 e. The average Bonchev–Trinajstić information content (AvgIpc) is 4.05. The number of nitrogens with zero attached hydrogens (tertiary/aromatic N) is 3. The molecular weight excluding hydrogens is 803 g/mol. The van der Waals surface area contributed by atoms with Crippen molar-refractivity contribution in [3.63, 3.8) is 0 Å². The van der Waals surface area contributed by atoms with E-state index in [1.54, 1.807) is 31.2 Å². The van der Waals surface area contributed by atoms with E-state index in [4.69, 9.17) is 14.2 Å². The number of hydrogen-bond acceptors (Lipinski definition) is 11. The molecule has 3 fully saturated rings. The number of alkyl halides is 2. The Hall–Kier alpha value is -4.25. The van der Waals surface area contributed by atoms with E-state index in [2.05, 4.69) is 9.82 Å². The van der Waals surface area contributed by atoms with Crippen LogP contribution in [0.2, 0.25) is 0 Å². The van der Waals surface area contributed by atoms with Gasteiger partial charge in [-0.25, -0.2) is 21.9 Å². The van der Waals surface area contributed by atoms with Crippen LogP contribution in [-0.2, 0) is 45.2 Å². The van der Waals surface area contributed by atoms with Crippen molar-refractivity contribution in [3.05, 3.63) is 46.8 Å². The van der Waals surface area contributed by atoms with Gasteiger partial charge < -0.3 is 19.1 Å². The van der Waals surface area contributed by atoms with E-state index in [0.717, 1.165) is 13.8 Å². The van der Waals surface area contributed by atoms with Gasteiger partial charge in [-0.15, -0.1) is 5.10 Å². The Morgan fingerprint density at radius 1 is 1.05 bits per heavy atom. The van der Waals surface area contributed by atoms with Crippen molar-refractivity contribution < 1.29 is 50.6 Å². The van der Waals surface area contributed by atoms with Crippen molar-refractivity contribution >= 4 is 44.4 Å². The molecule has 4 aliphatic rings. The van der Waals surface area contributed by atoms with E-state index in [-0.39, 0.29) is 56.3 Å². The van der Waals surface area contributed by atoms with Crippen LogP contribution >= 0.6 is 0 Å². The number of methoxy groups -OCH3 is 1. The molecule has 2 aromatic rings. The van der Waals surface area contributed by atoms with Crippen molar-refractivity contribution in [2.45, 2.75) is 134 Å². The molecule has 60 heavy (non-hydrogen) atoms. The Kier molecular flexibility index (Phi) is 12.8. The van der Waals surface area contributed by atoms with Crippen molar-refractivity contribution in [2.24, 2.45) is 29.1 Å². The summed E-state index contributed by atoms with van der Waals surface area (Å²) in [5, 5.41) is 5.23. The highest BCUT2D eigenvalue weighted by Crippen LogP contribution is 2.58. The van der Waals surface area contributed by atoms with Gasteiger partial charge in [0.25, 0.3) is 11.5 Å². The molecule has 17 heteroatoms. The van der Waals surface area contributed by atoms with Crippen LogP contribution in [-0.4, -0.2) is 95.3 Å². The Balaban J connectivity index is 1.38. The van der Waals surface area contributed by atoms with Gasteiger partial charge in [0.2, 0.25) is 27.7 Å². The molecule has 1 aromatic heterocycles. The third-order valence-corrected chi connectivity index (χ3v) is 15.4. The predicted molar refractivity (Wildman–Crippen MR) is 217 cm³/mol. The summed E-state index contributed by atoms with van der Waals surface area (Å²) in [6.45, 7) is 8.40. The van der Waals surface area contributed by atoms with Crippen LogP contribution < -0.4 is 15.0 Å². The SMILES string of the molecule is COCCn1nc(O[C@@H]2C[C@H]3C(=O)C[C@]4(C(=O)NS(=O)(=O)C5(C)CC5)C[C@H]4/C=C\CC[C@@H](C)C[C@@H](C)[C@H](CC(=O)OC(C)(C)C(C)(F)F)C(=O)N3C2)c2ccccc2c1=O. The maximum atomic E-state index is 15.0. The van der Waals surface area contributed by atoms with E-state index >= 15 is 0 Å². The summed E-state index contributed by atoms with van der Waals surface area (Å²) in [5.41, 5.74) is -3.92. The molecule has 1 N–H and O–H groups in total. The Bertz CT molecular complexity index is 2200. The average molecular weight is 861 g/mol. The zero-order chi connectivity index (χ0) is 44.0. The lowest BCUT2D eigenvalue weighted by Gasteiger charge is -2.34. The summed E-state index contributed by atoms with van der Waals surface area (Å²) < 4.78 is 74.9. The molecule has 14 nitrogen and oxygen atoms in total. The van der Waals surface area contributed by atoms with Gasteiger partial charge in [-0.1, -0.05) is 38.1 Å². The number of allylic oxidation sites excluding steroid dienone is 2. The minimum absolute atomic E-state index is 0.0504. The molecule has 0 bridgehead atoms. The number of ketones is 1. The molecule has 2 amide bonds. The molecule has 2 saturated carbocycles. The van der Waals surface area contributed by atoms with Crippen molar-refractivity contribution in [3.8, 4) is 5.88 Å². The van der Waals surface area contributed by atoms with Crippen molar-refractivity contribution in [1.29, 1.82) is 0 Å². The maximum Gasteiger partial charge on any atom is 0.307 e. The van der Waals surface area contributed by atoms with Crippen LogP contribution in [0, 0.1) is 29.1 Å². The number of sulfonamides is 1. The molecule has 0 radical (unpaired) electrons. The highest BCUT2D eigenvalue weighted by molar-refractivity contribution is 7.91. The first-order valence-electron chi connectivity index (χ1n) is 20.8. The summed E-state index contributed by atoms with van der Waals surface area (Å²) in [4.78, 5) is 71.9. The van der Waals surface area contributed by atoms with Gasteiger partial charge in [0.1, 0.15) is 6.10 Å². The molecule has 7 atom stereocenters. The summed E-state index contributed by atoms with van der Waals surface area (Å²) in [6.07, 6.45) is 4.82. The molecule has 1 saturated heterocycles. The zero-order valence-corrected chi connectivity index (χ0v) is 36.3. The van der Waals surface area contributed by atoms with Crippen LogP contribution in [0.25, 0.3) is 10.8 Å². The number of esters is 1. The highest BCUT2D eigenvalue weighted by Gasteiger charge is 2.63. The van der Waals surface area contributed by atoms with Gasteiger partial charge in [0.05, 0.1) is 59.0 Å². The number of rotatable bonds is 12. The summed E-state index contributed by atoms with van der Waals surface area (Å²) in [5.74, 6) is -8.05. The van der Waals surface area contributed by atoms with Gasteiger partial charge in [0.15, 0.2) is 11.4 Å². The Morgan fingerprint density at radius 3 is 2.38 bits per heavy atom. The van der Waals surface area contributed by atoms with Crippen LogP contribution in [0.3, 0.4) is 0 Å². The Morgan fingerprint density at radius 2 is 1.73 bits per heavy atom. The maximum absolute atomic E-state index is 15.0. The fourth-order valence-corrected chi connectivity index (χ4v) is 9.79. The quantitative estimate of drug-likeness (QED) is 0.215. The van der Waals surface area contributed by atoms with Crippen LogP contribution in [0.15, 0.2) is 41.2 Å².